The maximum atomic E-state index is 9.15. The topological polar surface area (TPSA) is 142 Å². The molecule has 0 saturated carbocycles. The summed E-state index contributed by atoms with van der Waals surface area (Å²) in [6, 6.07) is 0. The normalized spacial score (nSPS) is 22.5. The van der Waals surface area contributed by atoms with Crippen molar-refractivity contribution in [3.05, 3.63) is 0 Å². The molecule has 0 saturated heterocycles. The first-order valence-corrected chi connectivity index (χ1v) is 4.07. The van der Waals surface area contributed by atoms with Gasteiger partial charge in [-0.05, 0) is 0 Å². The van der Waals surface area contributed by atoms with Gasteiger partial charge in [-0.25, -0.2) is 0 Å². The Morgan fingerprint density at radius 1 is 0.571 bits per heavy atom. The highest BCUT2D eigenvalue weighted by Gasteiger charge is 2.33. The highest BCUT2D eigenvalue weighted by atomic mass is 16.4. The fourth-order valence-electron chi connectivity index (χ4n) is 0.873. The molecule has 14 heavy (non-hydrogen) atoms. The molecule has 7 N–H and O–H groups in total. The summed E-state index contributed by atoms with van der Waals surface area (Å²) in [5.41, 5.74) is 0. The maximum Gasteiger partial charge on any atom is 0.111 e. The van der Waals surface area contributed by atoms with Gasteiger partial charge in [0, 0.05) is 0 Å². The first kappa shape index (κ1) is 13.7. The Kier molecular flexibility index (Phi) is 6.12. The fraction of sp³-hybridized carbons (Fsp3) is 1.00. The van der Waals surface area contributed by atoms with E-state index in [1.165, 1.54) is 0 Å². The van der Waals surface area contributed by atoms with E-state index in [4.69, 9.17) is 35.7 Å². The highest BCUT2D eigenvalue weighted by molar-refractivity contribution is 4.84. The van der Waals surface area contributed by atoms with Crippen LogP contribution >= 0.6 is 0 Å². The average molecular weight is 212 g/mol. The number of hydrogen-bond acceptors (Lipinski definition) is 7. The Bertz CT molecular complexity index is 137. The lowest BCUT2D eigenvalue weighted by molar-refractivity contribution is -0.145. The van der Waals surface area contributed by atoms with E-state index >= 15 is 0 Å². The molecule has 0 aliphatic heterocycles. The van der Waals surface area contributed by atoms with Gasteiger partial charge in [0.05, 0.1) is 13.2 Å². The fourth-order valence-corrected chi connectivity index (χ4v) is 0.873. The van der Waals surface area contributed by atoms with Crippen molar-refractivity contribution in [1.82, 2.24) is 0 Å². The van der Waals surface area contributed by atoms with Crippen molar-refractivity contribution in [1.29, 1.82) is 0 Å². The molecule has 0 heterocycles. The van der Waals surface area contributed by atoms with E-state index in [1.54, 1.807) is 0 Å². The molecule has 7 heteroatoms. The second-order valence-corrected chi connectivity index (χ2v) is 2.97. The molecule has 0 radical (unpaired) electrons. The molecule has 0 rings (SSSR count). The van der Waals surface area contributed by atoms with Gasteiger partial charge in [-0.2, -0.15) is 0 Å². The molecule has 86 valence electrons. The summed E-state index contributed by atoms with van der Waals surface area (Å²) >= 11 is 0. The van der Waals surface area contributed by atoms with Gasteiger partial charge in [-0.1, -0.05) is 0 Å². The van der Waals surface area contributed by atoms with Crippen molar-refractivity contribution in [2.75, 3.05) is 13.2 Å². The molecule has 0 spiro atoms. The second-order valence-electron chi connectivity index (χ2n) is 2.97. The lowest BCUT2D eigenvalue weighted by Gasteiger charge is -2.27. The predicted octanol–water partition coefficient (Wildman–Crippen LogP) is -4.22. The zero-order valence-corrected chi connectivity index (χ0v) is 7.43. The quantitative estimate of drug-likeness (QED) is 0.236. The summed E-state index contributed by atoms with van der Waals surface area (Å²) in [5.74, 6) is 0. The molecule has 1 unspecified atom stereocenters. The highest BCUT2D eigenvalue weighted by Crippen LogP contribution is 2.07. The third kappa shape index (κ3) is 3.46. The molecule has 0 aromatic rings. The van der Waals surface area contributed by atoms with Crippen LogP contribution < -0.4 is 0 Å². The molecule has 0 aliphatic rings. The summed E-state index contributed by atoms with van der Waals surface area (Å²) in [4.78, 5) is 0. The molecule has 5 atom stereocenters. The minimum absolute atomic E-state index is 0.792. The number of rotatable bonds is 6. The van der Waals surface area contributed by atoms with Crippen molar-refractivity contribution >= 4 is 0 Å². The molecule has 0 amide bonds. The van der Waals surface area contributed by atoms with E-state index in [2.05, 4.69) is 0 Å². The Labute approximate surface area is 80.5 Å². The zero-order valence-electron chi connectivity index (χ0n) is 7.43. The van der Waals surface area contributed by atoms with Gasteiger partial charge < -0.3 is 35.7 Å². The van der Waals surface area contributed by atoms with E-state index < -0.39 is 43.7 Å². The van der Waals surface area contributed by atoms with Crippen LogP contribution in [0.5, 0.6) is 0 Å². The molecule has 0 aromatic carbocycles. The van der Waals surface area contributed by atoms with Crippen LogP contribution in [0, 0.1) is 0 Å². The van der Waals surface area contributed by atoms with Crippen LogP contribution in [-0.2, 0) is 0 Å². The van der Waals surface area contributed by atoms with Gasteiger partial charge >= 0.3 is 0 Å². The summed E-state index contributed by atoms with van der Waals surface area (Å²) < 4.78 is 0. The minimum Gasteiger partial charge on any atom is -0.394 e. The number of aliphatic hydroxyl groups excluding tert-OH is 7. The molecular formula is C7H16O7. The Balaban J connectivity index is 4.22. The van der Waals surface area contributed by atoms with E-state index in [0.717, 1.165) is 0 Å². The van der Waals surface area contributed by atoms with Gasteiger partial charge in [-0.3, -0.25) is 0 Å². The Hall–Kier alpha value is -0.280. The monoisotopic (exact) mass is 212 g/mol. The number of hydrogen-bond donors (Lipinski definition) is 7. The smallest absolute Gasteiger partial charge is 0.111 e. The van der Waals surface area contributed by atoms with Crippen molar-refractivity contribution in [2.45, 2.75) is 30.5 Å². The predicted molar refractivity (Wildman–Crippen MR) is 44.2 cm³/mol. The standard InChI is InChI=1S/C7H16O7/c8-1-3(10)5(12)7(14)6(13)4(11)2-9/h3-14H,1-2H2/t3-,4-,5-,6+,7?/m0/s1. The van der Waals surface area contributed by atoms with Crippen LogP contribution in [-0.4, -0.2) is 79.5 Å². The molecular weight excluding hydrogens is 196 g/mol. The minimum atomic E-state index is -1.85. The van der Waals surface area contributed by atoms with E-state index in [-0.39, 0.29) is 0 Å². The van der Waals surface area contributed by atoms with Crippen molar-refractivity contribution < 1.29 is 35.7 Å². The van der Waals surface area contributed by atoms with Crippen LogP contribution in [0.4, 0.5) is 0 Å². The first-order chi connectivity index (χ1) is 6.45. The first-order valence-electron chi connectivity index (χ1n) is 4.07. The molecule has 0 aliphatic carbocycles. The molecule has 0 fully saturated rings. The van der Waals surface area contributed by atoms with Gasteiger partial charge in [0.2, 0.25) is 0 Å². The van der Waals surface area contributed by atoms with Crippen molar-refractivity contribution in [3.63, 3.8) is 0 Å². The van der Waals surface area contributed by atoms with Gasteiger partial charge in [0.15, 0.2) is 0 Å². The van der Waals surface area contributed by atoms with Gasteiger partial charge in [0.1, 0.15) is 30.5 Å². The van der Waals surface area contributed by atoms with E-state index in [1.807, 2.05) is 0 Å². The third-order valence-corrected chi connectivity index (χ3v) is 1.86. The summed E-state index contributed by atoms with van der Waals surface area (Å²) in [6.45, 7) is -1.58. The maximum absolute atomic E-state index is 9.15. The van der Waals surface area contributed by atoms with E-state index in [9.17, 15) is 0 Å². The van der Waals surface area contributed by atoms with Gasteiger partial charge in [-0.15, -0.1) is 0 Å². The summed E-state index contributed by atoms with van der Waals surface area (Å²) in [6.07, 6.45) is -8.68. The van der Waals surface area contributed by atoms with E-state index in [0.29, 0.717) is 0 Å². The molecule has 0 aromatic heterocycles. The van der Waals surface area contributed by atoms with Crippen LogP contribution in [0.2, 0.25) is 0 Å². The van der Waals surface area contributed by atoms with Crippen LogP contribution in [0.15, 0.2) is 0 Å². The lowest BCUT2D eigenvalue weighted by Crippen LogP contribution is -2.50. The molecule has 7 nitrogen and oxygen atoms in total. The second kappa shape index (κ2) is 6.25. The summed E-state index contributed by atoms with van der Waals surface area (Å²) in [7, 11) is 0. The SMILES string of the molecule is OC[C@H](O)[C@H](O)C(O)[C@H](O)[C@@H](O)CO. The van der Waals surface area contributed by atoms with Crippen molar-refractivity contribution in [3.8, 4) is 0 Å². The average Bonchev–Trinajstić information content (AvgIpc) is 2.23. The Morgan fingerprint density at radius 2 is 0.857 bits per heavy atom. The third-order valence-electron chi connectivity index (χ3n) is 1.86. The zero-order chi connectivity index (χ0) is 11.3. The largest absolute Gasteiger partial charge is 0.394 e. The van der Waals surface area contributed by atoms with Crippen molar-refractivity contribution in [2.24, 2.45) is 0 Å². The Morgan fingerprint density at radius 3 is 1.07 bits per heavy atom. The van der Waals surface area contributed by atoms with Gasteiger partial charge in [0.25, 0.3) is 0 Å². The summed E-state index contributed by atoms with van der Waals surface area (Å²) in [5, 5.41) is 61.9. The molecule has 0 bridgehead atoms. The lowest BCUT2D eigenvalue weighted by atomic mass is 10.00. The van der Waals surface area contributed by atoms with Crippen LogP contribution in [0.3, 0.4) is 0 Å². The van der Waals surface area contributed by atoms with Crippen LogP contribution in [0.1, 0.15) is 0 Å². The van der Waals surface area contributed by atoms with Crippen LogP contribution in [0.25, 0.3) is 0 Å². The number of aliphatic hydroxyl groups is 7.